The van der Waals surface area contributed by atoms with Gasteiger partial charge in [0.1, 0.15) is 0 Å². The van der Waals surface area contributed by atoms with Gasteiger partial charge in [-0.1, -0.05) is 91.0 Å². The molecule has 10 rings (SSSR count). The summed E-state index contributed by atoms with van der Waals surface area (Å²) in [7, 11) is 0. The van der Waals surface area contributed by atoms with E-state index in [-0.39, 0.29) is 23.7 Å². The molecule has 0 saturated heterocycles. The molecule has 3 aromatic carbocycles. The summed E-state index contributed by atoms with van der Waals surface area (Å²) in [4.78, 5) is 16.2. The fraction of sp³-hybridized carbons (Fsp3) is 0.108. The number of hydrogen-bond donors (Lipinski definition) is 0. The zero-order valence-corrected chi connectivity index (χ0v) is 21.8. The third-order valence-corrected chi connectivity index (χ3v) is 8.88. The van der Waals surface area contributed by atoms with Gasteiger partial charge in [-0.25, -0.2) is 0 Å². The molecular formula is C37H25N3. The molecule has 0 atom stereocenters. The average molecular weight is 512 g/mol. The van der Waals surface area contributed by atoms with Crippen molar-refractivity contribution in [2.75, 3.05) is 0 Å². The highest BCUT2D eigenvalue weighted by Gasteiger charge is 2.31. The molecule has 0 amide bonds. The summed E-state index contributed by atoms with van der Waals surface area (Å²) in [6, 6.07) is 46.7. The smallest absolute Gasteiger partial charge is 0.0686 e. The van der Waals surface area contributed by atoms with Gasteiger partial charge in [-0.2, -0.15) is 0 Å². The van der Waals surface area contributed by atoms with Crippen LogP contribution in [0.1, 0.15) is 91.2 Å². The Morgan fingerprint density at radius 3 is 0.775 bits per heavy atom. The van der Waals surface area contributed by atoms with Crippen molar-refractivity contribution in [3.63, 3.8) is 0 Å². The van der Waals surface area contributed by atoms with Crippen LogP contribution in [0.15, 0.2) is 127 Å². The predicted octanol–water partition coefficient (Wildman–Crippen LogP) is 7.53. The van der Waals surface area contributed by atoms with E-state index in [1.54, 1.807) is 0 Å². The van der Waals surface area contributed by atoms with E-state index in [1.807, 2.05) is 0 Å². The predicted molar refractivity (Wildman–Crippen MR) is 156 cm³/mol. The summed E-state index contributed by atoms with van der Waals surface area (Å²) < 4.78 is 0. The van der Waals surface area contributed by atoms with Crippen LogP contribution in [-0.2, 0) is 0 Å². The van der Waals surface area contributed by atoms with Crippen LogP contribution in [0.4, 0.5) is 0 Å². The summed E-state index contributed by atoms with van der Waals surface area (Å²) in [5.74, 6) is -0.141. The second kappa shape index (κ2) is 8.30. The summed E-state index contributed by atoms with van der Waals surface area (Å²) >= 11 is 0. The molecule has 0 saturated carbocycles. The van der Waals surface area contributed by atoms with Gasteiger partial charge in [0.05, 0.1) is 51.9 Å². The van der Waals surface area contributed by atoms with Crippen LogP contribution in [0.25, 0.3) is 0 Å². The number of benzene rings is 3. The first-order valence-electron chi connectivity index (χ1n) is 14.0. The van der Waals surface area contributed by atoms with Crippen LogP contribution in [0, 0.1) is 0 Å². The van der Waals surface area contributed by atoms with Crippen LogP contribution in [0.2, 0.25) is 0 Å². The molecular weight excluding hydrogens is 486 g/mol. The third-order valence-electron chi connectivity index (χ3n) is 8.88. The zero-order valence-electron chi connectivity index (χ0n) is 21.8. The SMILES string of the molecule is c1cc2cc(c1)C1c3cccc(n3)C3c4cccc(c4)C2c2cccc(c2)C(c2cccc1n2)c1cccc3n1. The van der Waals surface area contributed by atoms with E-state index in [0.717, 1.165) is 34.2 Å². The molecule has 3 heteroatoms. The Balaban J connectivity index is 1.54. The van der Waals surface area contributed by atoms with E-state index in [9.17, 15) is 0 Å². The lowest BCUT2D eigenvalue weighted by Gasteiger charge is -2.29. The van der Waals surface area contributed by atoms with Gasteiger partial charge in [0.2, 0.25) is 0 Å². The van der Waals surface area contributed by atoms with Gasteiger partial charge in [0.15, 0.2) is 0 Å². The van der Waals surface area contributed by atoms with E-state index in [2.05, 4.69) is 127 Å². The monoisotopic (exact) mass is 511 g/mol. The molecule has 0 radical (unpaired) electrons. The molecule has 0 spiro atoms. The van der Waals surface area contributed by atoms with Gasteiger partial charge in [-0.15, -0.1) is 0 Å². The quantitative estimate of drug-likeness (QED) is 0.211. The highest BCUT2D eigenvalue weighted by molar-refractivity contribution is 5.54. The van der Waals surface area contributed by atoms with Crippen molar-refractivity contribution in [1.29, 1.82) is 0 Å². The second-order valence-corrected chi connectivity index (χ2v) is 11.2. The molecule has 188 valence electrons. The number of nitrogens with zero attached hydrogens (tertiary/aromatic N) is 3. The van der Waals surface area contributed by atoms with Crippen LogP contribution in [-0.4, -0.2) is 15.0 Å². The molecule has 6 aromatic rings. The van der Waals surface area contributed by atoms with Crippen LogP contribution in [0.5, 0.6) is 0 Å². The Bertz CT molecular complexity index is 1470. The van der Waals surface area contributed by atoms with Crippen molar-refractivity contribution >= 4 is 0 Å². The fourth-order valence-electron chi connectivity index (χ4n) is 7.18. The van der Waals surface area contributed by atoms with E-state index >= 15 is 0 Å². The maximum Gasteiger partial charge on any atom is 0.0686 e. The van der Waals surface area contributed by atoms with E-state index in [0.29, 0.717) is 0 Å². The van der Waals surface area contributed by atoms with Crippen molar-refractivity contribution < 1.29 is 0 Å². The maximum absolute atomic E-state index is 5.39. The molecule has 7 heterocycles. The second-order valence-electron chi connectivity index (χ2n) is 11.2. The minimum atomic E-state index is -0.0805. The van der Waals surface area contributed by atoms with Crippen LogP contribution < -0.4 is 0 Å². The molecule has 3 nitrogen and oxygen atoms in total. The summed E-state index contributed by atoms with van der Waals surface area (Å²) in [6.45, 7) is 0. The first-order chi connectivity index (χ1) is 19.8. The van der Waals surface area contributed by atoms with Crippen LogP contribution in [0.3, 0.4) is 0 Å². The fourth-order valence-corrected chi connectivity index (χ4v) is 7.18. The number of rotatable bonds is 0. The highest BCUT2D eigenvalue weighted by Crippen LogP contribution is 2.43. The molecule has 4 aliphatic rings. The first kappa shape index (κ1) is 22.0. The normalized spacial score (nSPS) is 21.0. The van der Waals surface area contributed by atoms with Crippen LogP contribution >= 0.6 is 0 Å². The van der Waals surface area contributed by atoms with E-state index < -0.39 is 0 Å². The lowest BCUT2D eigenvalue weighted by molar-refractivity contribution is 0.763. The average Bonchev–Trinajstić information content (AvgIpc) is 2.98. The highest BCUT2D eigenvalue weighted by atomic mass is 14.8. The lowest BCUT2D eigenvalue weighted by Crippen LogP contribution is -2.19. The van der Waals surface area contributed by atoms with Gasteiger partial charge < -0.3 is 0 Å². The molecule has 0 fully saturated rings. The Kier molecular flexibility index (Phi) is 4.56. The Hall–Kier alpha value is -4.89. The lowest BCUT2D eigenvalue weighted by atomic mass is 9.77. The topological polar surface area (TPSA) is 38.7 Å². The largest absolute Gasteiger partial charge is 0.256 e. The van der Waals surface area contributed by atoms with Crippen molar-refractivity contribution in [2.24, 2.45) is 0 Å². The van der Waals surface area contributed by atoms with Crippen molar-refractivity contribution in [3.05, 3.63) is 195 Å². The summed E-state index contributed by atoms with van der Waals surface area (Å²) in [6.07, 6.45) is 0. The molecule has 3 aromatic heterocycles. The van der Waals surface area contributed by atoms with Crippen molar-refractivity contribution in [2.45, 2.75) is 23.7 Å². The van der Waals surface area contributed by atoms with Crippen molar-refractivity contribution in [3.8, 4) is 0 Å². The molecule has 40 heavy (non-hydrogen) atoms. The first-order valence-corrected chi connectivity index (χ1v) is 14.0. The van der Waals surface area contributed by atoms with E-state index in [4.69, 9.17) is 15.0 Å². The number of hydrogen-bond acceptors (Lipinski definition) is 3. The van der Waals surface area contributed by atoms with Gasteiger partial charge >= 0.3 is 0 Å². The molecule has 16 bridgehead atoms. The standard InChI is InChI=1S/C37H25N3/c1-7-22-19-25(10-1)35-28-13-4-15-30(38-28)36-26-11-2-8-23(20-26)34(22)24-9-3-12-27(21-24)37(31-16-5-14-29(35)39-31)33-18-6-17-32(36)40-33/h1-21,34-37H. The van der Waals surface area contributed by atoms with Gasteiger partial charge in [0, 0.05) is 5.92 Å². The summed E-state index contributed by atoms with van der Waals surface area (Å²) in [5.41, 5.74) is 13.6. The van der Waals surface area contributed by atoms with Gasteiger partial charge in [0.25, 0.3) is 0 Å². The third kappa shape index (κ3) is 3.21. The van der Waals surface area contributed by atoms with Crippen molar-refractivity contribution in [1.82, 2.24) is 15.0 Å². The molecule has 0 aliphatic carbocycles. The Labute approximate surface area is 233 Å². The molecule has 0 N–H and O–H groups in total. The Morgan fingerprint density at radius 2 is 0.500 bits per heavy atom. The Morgan fingerprint density at radius 1 is 0.275 bits per heavy atom. The van der Waals surface area contributed by atoms with Gasteiger partial charge in [-0.05, 0) is 69.8 Å². The van der Waals surface area contributed by atoms with Gasteiger partial charge in [-0.3, -0.25) is 15.0 Å². The molecule has 0 unspecified atom stereocenters. The van der Waals surface area contributed by atoms with E-state index in [1.165, 1.54) is 33.4 Å². The number of aromatic nitrogens is 3. The molecule has 4 aliphatic heterocycles. The zero-order chi connectivity index (χ0) is 26.2. The minimum absolute atomic E-state index is 0.0805. The number of pyridine rings is 3. The maximum atomic E-state index is 5.39. The summed E-state index contributed by atoms with van der Waals surface area (Å²) in [5, 5.41) is 0. The minimum Gasteiger partial charge on any atom is -0.256 e.